The van der Waals surface area contributed by atoms with Crippen LogP contribution in [0.2, 0.25) is 0 Å². The van der Waals surface area contributed by atoms with Gasteiger partial charge in [0, 0.05) is 11.5 Å². The molecule has 2 aromatic rings. The zero-order chi connectivity index (χ0) is 14.9. The second kappa shape index (κ2) is 5.00. The van der Waals surface area contributed by atoms with Crippen LogP contribution in [-0.2, 0) is 5.41 Å². The lowest BCUT2D eigenvalue weighted by molar-refractivity contribution is 0.207. The summed E-state index contributed by atoms with van der Waals surface area (Å²) in [4.78, 5) is 11.0. The van der Waals surface area contributed by atoms with Gasteiger partial charge in [0.15, 0.2) is 0 Å². The van der Waals surface area contributed by atoms with Crippen molar-refractivity contribution in [1.29, 1.82) is 0 Å². The first-order valence-electron chi connectivity index (χ1n) is 6.42. The minimum absolute atomic E-state index is 0.147. The van der Waals surface area contributed by atoms with Crippen molar-refractivity contribution in [2.24, 2.45) is 5.73 Å². The van der Waals surface area contributed by atoms with E-state index in [1.165, 1.54) is 0 Å². The number of nitrogens with zero attached hydrogens (tertiary/aromatic N) is 2. The molecule has 0 unspecified atom stereocenters. The highest BCUT2D eigenvalue weighted by molar-refractivity contribution is 5.67. The Balaban J connectivity index is 2.52. The van der Waals surface area contributed by atoms with Gasteiger partial charge in [-0.2, -0.15) is 5.10 Å². The van der Waals surface area contributed by atoms with Gasteiger partial charge in [0.05, 0.1) is 11.4 Å². The Labute approximate surface area is 118 Å². The van der Waals surface area contributed by atoms with Crippen molar-refractivity contribution in [3.63, 3.8) is 0 Å². The molecule has 0 bridgehead atoms. The molecule has 0 aliphatic heterocycles. The first-order chi connectivity index (χ1) is 9.27. The topological polar surface area (TPSA) is 70.1 Å². The predicted octanol–water partition coefficient (Wildman–Crippen LogP) is 2.94. The molecule has 0 atom stereocenters. The van der Waals surface area contributed by atoms with Gasteiger partial charge in [-0.05, 0) is 19.1 Å². The summed E-state index contributed by atoms with van der Waals surface area (Å²) >= 11 is 0. The van der Waals surface area contributed by atoms with Crippen LogP contribution in [0.25, 0.3) is 5.69 Å². The zero-order valence-electron chi connectivity index (χ0n) is 12.2. The number of hydrogen-bond donors (Lipinski definition) is 1. The predicted molar refractivity (Wildman–Crippen MR) is 77.2 cm³/mol. The van der Waals surface area contributed by atoms with Gasteiger partial charge in [0.25, 0.3) is 0 Å². The third-order valence-corrected chi connectivity index (χ3v) is 2.93. The maximum absolute atomic E-state index is 11.0. The minimum Gasteiger partial charge on any atom is -0.391 e. The Morgan fingerprint density at radius 3 is 2.35 bits per heavy atom. The Morgan fingerprint density at radius 1 is 1.25 bits per heavy atom. The summed E-state index contributed by atoms with van der Waals surface area (Å²) in [7, 11) is 0. The third kappa shape index (κ3) is 2.99. The van der Waals surface area contributed by atoms with Crippen LogP contribution in [0, 0.1) is 6.92 Å². The molecular formula is C15H19N3O2. The Bertz CT molecular complexity index is 622. The molecule has 0 fully saturated rings. The highest BCUT2D eigenvalue weighted by atomic mass is 16.6. The molecule has 1 amide bonds. The second-order valence-electron chi connectivity index (χ2n) is 5.79. The fourth-order valence-corrected chi connectivity index (χ4v) is 1.78. The van der Waals surface area contributed by atoms with E-state index >= 15 is 0 Å². The molecule has 5 heteroatoms. The van der Waals surface area contributed by atoms with E-state index in [9.17, 15) is 4.79 Å². The molecule has 5 nitrogen and oxygen atoms in total. The molecule has 20 heavy (non-hydrogen) atoms. The number of carbonyl (C=O) groups is 1. The average molecular weight is 273 g/mol. The average Bonchev–Trinajstić information content (AvgIpc) is 2.73. The van der Waals surface area contributed by atoms with Crippen LogP contribution in [0.3, 0.4) is 0 Å². The summed E-state index contributed by atoms with van der Waals surface area (Å²) in [6, 6.07) is 9.53. The van der Waals surface area contributed by atoms with Gasteiger partial charge < -0.3 is 10.5 Å². The highest BCUT2D eigenvalue weighted by Crippen LogP contribution is 2.27. The van der Waals surface area contributed by atoms with E-state index in [4.69, 9.17) is 10.5 Å². The summed E-state index contributed by atoms with van der Waals surface area (Å²) in [6.07, 6.45) is -0.848. The van der Waals surface area contributed by atoms with Crippen LogP contribution in [0.5, 0.6) is 5.88 Å². The van der Waals surface area contributed by atoms with Gasteiger partial charge in [-0.1, -0.05) is 38.5 Å². The van der Waals surface area contributed by atoms with E-state index in [1.807, 2.05) is 52.0 Å². The van der Waals surface area contributed by atoms with Crippen LogP contribution < -0.4 is 10.5 Å². The molecule has 106 valence electrons. The first-order valence-corrected chi connectivity index (χ1v) is 6.42. The molecule has 2 N–H and O–H groups in total. The molecule has 0 aliphatic carbocycles. The van der Waals surface area contributed by atoms with Gasteiger partial charge in [0.2, 0.25) is 5.88 Å². The largest absolute Gasteiger partial charge is 0.411 e. The number of hydrogen-bond acceptors (Lipinski definition) is 3. The van der Waals surface area contributed by atoms with Crippen molar-refractivity contribution in [2.45, 2.75) is 33.1 Å². The number of ether oxygens (including phenoxy) is 1. The van der Waals surface area contributed by atoms with E-state index in [0.717, 1.165) is 16.9 Å². The van der Waals surface area contributed by atoms with Gasteiger partial charge in [-0.3, -0.25) is 0 Å². The number of aryl methyl sites for hydroxylation is 1. The van der Waals surface area contributed by atoms with E-state index in [-0.39, 0.29) is 5.41 Å². The van der Waals surface area contributed by atoms with Gasteiger partial charge in [0.1, 0.15) is 0 Å². The van der Waals surface area contributed by atoms with Crippen molar-refractivity contribution in [3.8, 4) is 11.6 Å². The molecular weight excluding hydrogens is 254 g/mol. The van der Waals surface area contributed by atoms with Gasteiger partial charge in [-0.25, -0.2) is 9.48 Å². The Hall–Kier alpha value is -2.30. The molecule has 0 saturated heterocycles. The molecule has 0 aliphatic rings. The smallest absolute Gasteiger partial charge is 0.391 e. The number of primary amides is 1. The monoisotopic (exact) mass is 273 g/mol. The number of aromatic nitrogens is 2. The summed E-state index contributed by atoms with van der Waals surface area (Å²) in [6.45, 7) is 8.14. The maximum Gasteiger partial charge on any atom is 0.411 e. The van der Waals surface area contributed by atoms with Crippen LogP contribution in [-0.4, -0.2) is 15.9 Å². The normalized spacial score (nSPS) is 11.4. The highest BCUT2D eigenvalue weighted by Gasteiger charge is 2.22. The maximum atomic E-state index is 11.0. The number of carbonyl (C=O) groups excluding carboxylic acids is 1. The summed E-state index contributed by atoms with van der Waals surface area (Å²) in [5.41, 5.74) is 7.76. The SMILES string of the molecule is Cc1ccc(-n2nc(C(C)(C)C)cc2OC(N)=O)cc1. The molecule has 0 radical (unpaired) electrons. The number of rotatable bonds is 2. The molecule has 1 aromatic carbocycles. The third-order valence-electron chi connectivity index (χ3n) is 2.93. The van der Waals surface area contributed by atoms with Crippen LogP contribution in [0.15, 0.2) is 30.3 Å². The van der Waals surface area contributed by atoms with Crippen molar-refractivity contribution >= 4 is 6.09 Å². The standard InChI is InChI=1S/C15H19N3O2/c1-10-5-7-11(8-6-10)18-13(20-14(16)19)9-12(17-18)15(2,3)4/h5-9H,1-4H3,(H2,16,19). The Morgan fingerprint density at radius 2 is 1.85 bits per heavy atom. The lowest BCUT2D eigenvalue weighted by atomic mass is 9.93. The van der Waals surface area contributed by atoms with E-state index in [2.05, 4.69) is 5.10 Å². The number of nitrogens with two attached hydrogens (primary N) is 1. The van der Waals surface area contributed by atoms with Gasteiger partial charge in [-0.15, -0.1) is 0 Å². The molecule has 0 spiro atoms. The van der Waals surface area contributed by atoms with Crippen molar-refractivity contribution in [2.75, 3.05) is 0 Å². The second-order valence-corrected chi connectivity index (χ2v) is 5.79. The summed E-state index contributed by atoms with van der Waals surface area (Å²) in [5, 5.41) is 4.52. The molecule has 2 rings (SSSR count). The quantitative estimate of drug-likeness (QED) is 0.914. The number of amides is 1. The molecule has 1 aromatic heterocycles. The van der Waals surface area contributed by atoms with Gasteiger partial charge >= 0.3 is 6.09 Å². The number of benzene rings is 1. The first kappa shape index (κ1) is 14.1. The lowest BCUT2D eigenvalue weighted by Crippen LogP contribution is -2.18. The van der Waals surface area contributed by atoms with E-state index in [1.54, 1.807) is 10.7 Å². The van der Waals surface area contributed by atoms with Crippen molar-refractivity contribution in [1.82, 2.24) is 9.78 Å². The summed E-state index contributed by atoms with van der Waals surface area (Å²) < 4.78 is 6.63. The van der Waals surface area contributed by atoms with Crippen molar-refractivity contribution < 1.29 is 9.53 Å². The van der Waals surface area contributed by atoms with Crippen LogP contribution in [0.4, 0.5) is 4.79 Å². The van der Waals surface area contributed by atoms with Crippen LogP contribution in [0.1, 0.15) is 32.0 Å². The molecule has 1 heterocycles. The van der Waals surface area contributed by atoms with E-state index in [0.29, 0.717) is 5.88 Å². The van der Waals surface area contributed by atoms with Crippen molar-refractivity contribution in [3.05, 3.63) is 41.6 Å². The molecule has 0 saturated carbocycles. The summed E-state index contributed by atoms with van der Waals surface area (Å²) in [5.74, 6) is 0.325. The fraction of sp³-hybridized carbons (Fsp3) is 0.333. The zero-order valence-corrected chi connectivity index (χ0v) is 12.2. The van der Waals surface area contributed by atoms with Crippen LogP contribution >= 0.6 is 0 Å². The lowest BCUT2D eigenvalue weighted by Gasteiger charge is -2.13. The van der Waals surface area contributed by atoms with E-state index < -0.39 is 6.09 Å². The minimum atomic E-state index is -0.848. The Kier molecular flexibility index (Phi) is 3.53. The fourth-order valence-electron chi connectivity index (χ4n) is 1.78.